The molecule has 8 fully saturated rings. The summed E-state index contributed by atoms with van der Waals surface area (Å²) in [6.45, 7) is 11.3. The Bertz CT molecular complexity index is 1980. The third-order valence-electron chi connectivity index (χ3n) is 20.7. The molecule has 0 heterocycles. The molecule has 16 atom stereocenters. The average Bonchev–Trinajstić information content (AvgIpc) is 3.34. The summed E-state index contributed by atoms with van der Waals surface area (Å²) in [7, 11) is 4.14. The molecule has 0 saturated heterocycles. The number of nitrogens with one attached hydrogen (secondary N) is 1. The predicted molar refractivity (Wildman–Crippen MR) is 287 cm³/mol. The van der Waals surface area contributed by atoms with Crippen LogP contribution in [0, 0.1) is 81.8 Å². The van der Waals surface area contributed by atoms with Crippen LogP contribution < -0.4 is 113 Å². The van der Waals surface area contributed by atoms with E-state index in [1.54, 1.807) is 24.3 Å². The molecule has 73 heavy (non-hydrogen) atoms. The number of carbonyl (C=O) groups excluding carboxylic acids is 3. The summed E-state index contributed by atoms with van der Waals surface area (Å²) in [5.41, 5.74) is 1.51. The molecular formula is C61H97ClK2N2O7. The van der Waals surface area contributed by atoms with Crippen LogP contribution in [0.25, 0.3) is 0 Å². The Kier molecular flexibility index (Phi) is 28.1. The van der Waals surface area contributed by atoms with E-state index in [9.17, 15) is 19.8 Å². The molecule has 9 nitrogen and oxygen atoms in total. The second kappa shape index (κ2) is 30.3. The van der Waals surface area contributed by atoms with E-state index in [4.69, 9.17) is 21.7 Å². The minimum Gasteiger partial charge on any atom is -1.00 e. The van der Waals surface area contributed by atoms with Gasteiger partial charge in [-0.2, -0.15) is 0 Å². The topological polar surface area (TPSA) is 139 Å². The number of benzene rings is 2. The van der Waals surface area contributed by atoms with Gasteiger partial charge < -0.3 is 32.0 Å². The molecule has 10 rings (SSSR count). The third kappa shape index (κ3) is 16.3. The maximum Gasteiger partial charge on any atom is 1.00 e. The smallest absolute Gasteiger partial charge is 1.00 e. The van der Waals surface area contributed by atoms with Gasteiger partial charge in [-0.15, -0.1) is 0 Å². The van der Waals surface area contributed by atoms with Crippen molar-refractivity contribution in [3.63, 3.8) is 0 Å². The van der Waals surface area contributed by atoms with E-state index in [1.807, 2.05) is 48.3 Å². The van der Waals surface area contributed by atoms with E-state index >= 15 is 0 Å². The number of hydrogen-bond donors (Lipinski definition) is 3. The van der Waals surface area contributed by atoms with Crippen molar-refractivity contribution < 1.29 is 139 Å². The number of nitrogens with zero attached hydrogens (tertiary/aromatic N) is 1. The van der Waals surface area contributed by atoms with Crippen molar-refractivity contribution in [1.82, 2.24) is 10.2 Å². The van der Waals surface area contributed by atoms with Crippen LogP contribution in [0.5, 0.6) is 0 Å². The molecule has 3 N–H and O–H groups in total. The molecular weight excluding hydrogens is 986 g/mol. The van der Waals surface area contributed by atoms with E-state index in [2.05, 4.69) is 44.9 Å². The molecule has 0 spiro atoms. The predicted octanol–water partition coefficient (Wildman–Crippen LogP) is 6.68. The maximum atomic E-state index is 13.0. The summed E-state index contributed by atoms with van der Waals surface area (Å²) in [6, 6.07) is 18.5. The van der Waals surface area contributed by atoms with Gasteiger partial charge in [-0.05, 0) is 249 Å². The van der Waals surface area contributed by atoms with Crippen LogP contribution in [0.2, 0.25) is 0 Å². The van der Waals surface area contributed by atoms with Crippen molar-refractivity contribution in [3.8, 4) is 0 Å². The summed E-state index contributed by atoms with van der Waals surface area (Å²) in [6.07, 6.45) is 26.2. The van der Waals surface area contributed by atoms with Crippen LogP contribution in [0.4, 0.5) is 0 Å². The van der Waals surface area contributed by atoms with Gasteiger partial charge in [0.2, 0.25) is 0 Å². The minimum absolute atomic E-state index is 0. The summed E-state index contributed by atoms with van der Waals surface area (Å²) in [4.78, 5) is 36.7. The fourth-order valence-electron chi connectivity index (χ4n) is 17.5. The summed E-state index contributed by atoms with van der Waals surface area (Å²) in [5, 5.41) is 32.7. The minimum atomic E-state index is -0.428. The second-order valence-electron chi connectivity index (χ2n) is 24.6. The Morgan fingerprint density at radius 2 is 1.07 bits per heavy atom. The van der Waals surface area contributed by atoms with Crippen molar-refractivity contribution in [2.45, 2.75) is 182 Å². The Morgan fingerprint density at radius 1 is 0.658 bits per heavy atom. The molecule has 0 aromatic heterocycles. The van der Waals surface area contributed by atoms with Crippen LogP contribution in [-0.4, -0.2) is 71.1 Å². The van der Waals surface area contributed by atoms with E-state index in [1.165, 1.54) is 109 Å². The average molecular weight is 1080 g/mol. The Balaban J connectivity index is 0.000000395. The normalized spacial score (nSPS) is 38.4. The van der Waals surface area contributed by atoms with Gasteiger partial charge in [-0.25, -0.2) is 0 Å². The molecule has 402 valence electrons. The van der Waals surface area contributed by atoms with Crippen LogP contribution in [-0.2, 0) is 9.68 Å². The van der Waals surface area contributed by atoms with Gasteiger partial charge in [0.1, 0.15) is 0 Å². The first-order valence-corrected chi connectivity index (χ1v) is 27.7. The van der Waals surface area contributed by atoms with Gasteiger partial charge in [0.25, 0.3) is 17.6 Å². The summed E-state index contributed by atoms with van der Waals surface area (Å²) >= 11 is 5.16. The van der Waals surface area contributed by atoms with E-state index in [0.29, 0.717) is 22.3 Å². The van der Waals surface area contributed by atoms with Gasteiger partial charge >= 0.3 is 103 Å². The number of hydrogen-bond acceptors (Lipinski definition) is 8. The maximum absolute atomic E-state index is 13.0. The zero-order valence-electron chi connectivity index (χ0n) is 46.1. The number of amides is 1. The molecule has 0 unspecified atom stereocenters. The van der Waals surface area contributed by atoms with Crippen LogP contribution in [0.15, 0.2) is 60.7 Å². The SMILES string of the molecule is C.C.CN(C[C@H]1CCC[C@H]2[C@@H]3CC[C@@H]4C[C@](C)(O)CC[C@@H]4[C@H]3CC[C@]12C)C(=O)c1ccccc1.CNC[C@H]1CCC[C@H]2[C@@H]3CC[C@@H]4C[C@](C)(O)CC[C@@H]4[C@H]3CC[C@]12C.O=C(Cl)c1ccccc1.O=CO[O-].[H-].[K+].[K+]. The Morgan fingerprint density at radius 3 is 1.48 bits per heavy atom. The van der Waals surface area contributed by atoms with Crippen LogP contribution in [0.3, 0.4) is 0 Å². The van der Waals surface area contributed by atoms with E-state index in [0.717, 1.165) is 103 Å². The molecule has 12 heteroatoms. The summed E-state index contributed by atoms with van der Waals surface area (Å²) < 4.78 is 0. The van der Waals surface area contributed by atoms with Crippen LogP contribution >= 0.6 is 11.6 Å². The first-order chi connectivity index (χ1) is 32.9. The summed E-state index contributed by atoms with van der Waals surface area (Å²) in [5.74, 6) is 10.5. The Hall–Kier alpha value is 0.453. The molecule has 0 bridgehead atoms. The van der Waals surface area contributed by atoms with Gasteiger partial charge in [0, 0.05) is 24.7 Å². The first-order valence-electron chi connectivity index (χ1n) is 27.3. The number of aliphatic hydroxyl groups is 2. The van der Waals surface area contributed by atoms with Gasteiger partial charge in [0.05, 0.1) is 11.2 Å². The fourth-order valence-corrected chi connectivity index (χ4v) is 17.6. The molecule has 2 aromatic carbocycles. The van der Waals surface area contributed by atoms with Crippen LogP contribution in [0.1, 0.15) is 193 Å². The molecule has 0 aliphatic heterocycles. The van der Waals surface area contributed by atoms with Crippen molar-refractivity contribution in [2.24, 2.45) is 81.8 Å². The largest absolute Gasteiger partial charge is 1.00 e. The van der Waals surface area contributed by atoms with Crippen molar-refractivity contribution in [1.29, 1.82) is 0 Å². The quantitative estimate of drug-likeness (QED) is 0.0919. The number of carbonyl (C=O) groups is 3. The monoisotopic (exact) mass is 1080 g/mol. The molecule has 8 aliphatic rings. The zero-order valence-corrected chi connectivity index (χ0v) is 52.1. The van der Waals surface area contributed by atoms with E-state index in [-0.39, 0.29) is 137 Å². The second-order valence-corrected chi connectivity index (χ2v) is 25.0. The van der Waals surface area contributed by atoms with Gasteiger partial charge in [0.15, 0.2) is 0 Å². The van der Waals surface area contributed by atoms with Crippen molar-refractivity contribution >= 4 is 29.2 Å². The van der Waals surface area contributed by atoms with E-state index < -0.39 is 10.8 Å². The Labute approximate surface area is 534 Å². The van der Waals surface area contributed by atoms with Crippen molar-refractivity contribution in [3.05, 3.63) is 71.8 Å². The standard InChI is InChI=1S/C29H43NO2.C22H39NO.C7H5ClO.CH2O3.2CH4.2K.H/c1-28(32)16-14-23-21(18-28)12-13-25-24(23)15-17-29(2)22(10-7-11-26(25)29)19-30(3)27(31)20-8-5-4-6-9-20;1-21(24)11-9-17-15(13-21)7-8-19-18(17)10-12-22(2)16(14-23-3)5-4-6-20(19)22;8-7(9)6-4-2-1-3-5-6;2-1-4-3;;;;;/h4-6,8-9,21-26,32H,7,10-19H2,1-3H3;15-20,23-24H,4-14H2,1-3H3;1-5H;1,3H;2*1H4;;;/q;;;;;;2*+1;-1/p-1/t21-,22-,23+,24-,25-,26+,28-,29-;15-,16-,17+,18-,19-,20+,21-,22-;;;;;;;/m11......./s1. The third-order valence-corrected chi connectivity index (χ3v) is 20.9. The molecule has 1 amide bonds. The van der Waals surface area contributed by atoms with Gasteiger partial charge in [-0.3, -0.25) is 14.4 Å². The van der Waals surface area contributed by atoms with Crippen molar-refractivity contribution in [2.75, 3.05) is 27.2 Å². The molecule has 2 aromatic rings. The fraction of sp³-hybridized carbons (Fsp3) is 0.754. The molecule has 0 radical (unpaired) electrons. The first kappa shape index (κ1) is 67.7. The van der Waals surface area contributed by atoms with Gasteiger partial charge in [-0.1, -0.05) is 90.1 Å². The molecule has 8 saturated carbocycles. The number of rotatable bonds is 7. The number of fused-ring (bicyclic) bond motifs is 10. The number of halogens is 1. The molecule has 8 aliphatic carbocycles. The zero-order chi connectivity index (χ0) is 49.6.